The molecule has 1 aliphatic rings. The molecule has 0 spiro atoms. The molecule has 44 heavy (non-hydrogen) atoms. The Morgan fingerprint density at radius 2 is 0.750 bits per heavy atom. The van der Waals surface area contributed by atoms with Crippen molar-refractivity contribution in [2.75, 3.05) is 0 Å². The average Bonchev–Trinajstić information content (AvgIpc) is 3.85. The lowest BCUT2D eigenvalue weighted by Crippen LogP contribution is -2.30. The van der Waals surface area contributed by atoms with E-state index >= 15 is 0 Å². The molecule has 212 valence electrons. The first kappa shape index (κ1) is 25.9. The van der Waals surface area contributed by atoms with Crippen LogP contribution in [0.2, 0.25) is 0 Å². The largest absolute Gasteiger partial charge is 0.354 e. The Labute approximate surface area is 254 Å². The maximum Gasteiger partial charge on any atom is 0.216 e. The minimum atomic E-state index is 0.904. The predicted octanol–water partition coefficient (Wildman–Crippen LogP) is 6.17. The molecule has 0 aliphatic carbocycles. The van der Waals surface area contributed by atoms with Crippen molar-refractivity contribution in [2.24, 2.45) is 21.1 Å². The zero-order valence-electron chi connectivity index (χ0n) is 24.8. The summed E-state index contributed by atoms with van der Waals surface area (Å²) >= 11 is 0. The molecule has 8 rings (SSSR count). The third-order valence-corrected chi connectivity index (χ3v) is 8.51. The van der Waals surface area contributed by atoms with Crippen molar-refractivity contribution in [3.8, 4) is 33.8 Å². The van der Waals surface area contributed by atoms with E-state index in [4.69, 9.17) is 4.98 Å². The highest BCUT2D eigenvalue weighted by Crippen LogP contribution is 2.34. The lowest BCUT2D eigenvalue weighted by molar-refractivity contribution is -0.660. The molecular formula is C37H32N7+3. The van der Waals surface area contributed by atoms with Gasteiger partial charge in [-0.2, -0.15) is 0 Å². The highest BCUT2D eigenvalue weighted by molar-refractivity contribution is 5.97. The van der Waals surface area contributed by atoms with Gasteiger partial charge in [-0.1, -0.05) is 0 Å². The van der Waals surface area contributed by atoms with Crippen LogP contribution < -0.4 is 13.7 Å². The number of aromatic nitrogens is 7. The van der Waals surface area contributed by atoms with Crippen LogP contribution in [0.25, 0.3) is 79.0 Å². The van der Waals surface area contributed by atoms with Gasteiger partial charge in [-0.3, -0.25) is 0 Å². The molecule has 8 heterocycles. The fraction of sp³-hybridized carbons (Fsp3) is 0.0811. The highest BCUT2D eigenvalue weighted by Gasteiger charge is 2.23. The van der Waals surface area contributed by atoms with Crippen LogP contribution >= 0.6 is 0 Å². The molecule has 3 N–H and O–H groups in total. The van der Waals surface area contributed by atoms with Gasteiger partial charge in [-0.15, -0.1) is 0 Å². The van der Waals surface area contributed by atoms with Gasteiger partial charge in [0.05, 0.1) is 61.2 Å². The smallest absolute Gasteiger partial charge is 0.216 e. The van der Waals surface area contributed by atoms with Crippen LogP contribution in [-0.4, -0.2) is 19.9 Å². The molecule has 7 nitrogen and oxygen atoms in total. The first-order chi connectivity index (χ1) is 21.5. The van der Waals surface area contributed by atoms with Crippen LogP contribution in [0.4, 0.5) is 0 Å². The molecule has 0 fully saturated rings. The Morgan fingerprint density at radius 1 is 0.409 bits per heavy atom. The molecule has 7 aromatic heterocycles. The number of fused-ring (bicyclic) bond motifs is 9. The summed E-state index contributed by atoms with van der Waals surface area (Å²) in [4.78, 5) is 16.6. The van der Waals surface area contributed by atoms with Crippen molar-refractivity contribution in [3.05, 3.63) is 121 Å². The number of nitrogens with zero attached hydrogens (tertiary/aromatic N) is 4. The lowest BCUT2D eigenvalue weighted by Gasteiger charge is -2.03. The maximum absolute atomic E-state index is 5.33. The number of H-pyrrole nitrogens is 3. The van der Waals surface area contributed by atoms with Gasteiger partial charge in [-0.05, 0) is 66.7 Å². The van der Waals surface area contributed by atoms with Gasteiger partial charge in [0.1, 0.15) is 21.1 Å². The van der Waals surface area contributed by atoms with Crippen molar-refractivity contribution in [1.82, 2.24) is 19.9 Å². The summed E-state index contributed by atoms with van der Waals surface area (Å²) in [6.07, 6.45) is 10.5. The molecule has 0 atom stereocenters. The minimum absolute atomic E-state index is 0.904. The summed E-state index contributed by atoms with van der Waals surface area (Å²) in [6, 6.07) is 31.8. The van der Waals surface area contributed by atoms with Crippen LogP contribution in [-0.2, 0) is 21.1 Å². The molecule has 1 aliphatic heterocycles. The van der Waals surface area contributed by atoms with E-state index in [1.54, 1.807) is 0 Å². The Balaban J connectivity index is 1.59. The van der Waals surface area contributed by atoms with Crippen LogP contribution in [0, 0.1) is 0 Å². The molecule has 7 heteroatoms. The van der Waals surface area contributed by atoms with E-state index in [9.17, 15) is 0 Å². The number of nitrogens with one attached hydrogen (secondary N) is 3. The summed E-state index contributed by atoms with van der Waals surface area (Å²) in [6.45, 7) is 0. The summed E-state index contributed by atoms with van der Waals surface area (Å²) in [7, 11) is 6.24. The summed E-state index contributed by atoms with van der Waals surface area (Å²) in [5.74, 6) is 0. The topological polar surface area (TPSA) is 71.9 Å². The number of aryl methyl sites for hydroxylation is 3. The van der Waals surface area contributed by atoms with E-state index in [1.807, 2.05) is 6.07 Å². The second kappa shape index (κ2) is 10.2. The molecule has 0 saturated heterocycles. The Hall–Kier alpha value is -5.82. The van der Waals surface area contributed by atoms with E-state index < -0.39 is 0 Å². The zero-order valence-corrected chi connectivity index (χ0v) is 24.8. The first-order valence-electron chi connectivity index (χ1n) is 14.7. The van der Waals surface area contributed by atoms with Gasteiger partial charge < -0.3 is 15.0 Å². The molecule has 0 unspecified atom stereocenters. The Morgan fingerprint density at radius 3 is 1.16 bits per heavy atom. The number of pyridine rings is 3. The fourth-order valence-corrected chi connectivity index (χ4v) is 6.31. The van der Waals surface area contributed by atoms with E-state index in [2.05, 4.69) is 165 Å². The van der Waals surface area contributed by atoms with Crippen molar-refractivity contribution in [1.29, 1.82) is 0 Å². The molecular weight excluding hydrogens is 542 g/mol. The minimum Gasteiger partial charge on any atom is -0.354 e. The third kappa shape index (κ3) is 4.21. The Bertz CT molecular complexity index is 2390. The second-order valence-corrected chi connectivity index (χ2v) is 11.3. The van der Waals surface area contributed by atoms with Crippen molar-refractivity contribution < 1.29 is 13.7 Å². The second-order valence-electron chi connectivity index (χ2n) is 11.3. The number of rotatable bonds is 3. The molecule has 0 saturated carbocycles. The standard InChI is InChI=1S/C37H30N7/c1-42-21-7-4-10-32(42)35-26-15-13-24(38-26)25-14-16-27(39-25)36(33-11-5-8-22-43(33)2)29-18-20-31(41-29)37(30-19-17-28(35)40-30)34-12-6-9-23-44(34)3/h4-23H,1-3H3,(H,40,41)/q+1/p+2. The van der Waals surface area contributed by atoms with Crippen molar-refractivity contribution >= 4 is 45.3 Å². The van der Waals surface area contributed by atoms with Crippen LogP contribution in [0.5, 0.6) is 0 Å². The van der Waals surface area contributed by atoms with Gasteiger partial charge in [-0.25, -0.2) is 18.7 Å². The number of aromatic amines is 3. The molecule has 0 aromatic carbocycles. The highest BCUT2D eigenvalue weighted by atomic mass is 14.9. The SMILES string of the molecule is C[n+]1ccccc1-c1c2nc(c(-c3cccc[n+]3C)c3ccc([nH]3)c3ccc([nH]3)c(-c3cccc[n+]3C)c3ccc1[nH]3)C=C2. The normalized spacial score (nSPS) is 11.9. The van der Waals surface area contributed by atoms with Gasteiger partial charge in [0.2, 0.25) is 17.1 Å². The van der Waals surface area contributed by atoms with Crippen LogP contribution in [0.15, 0.2) is 110 Å². The first-order valence-corrected chi connectivity index (χ1v) is 14.7. The van der Waals surface area contributed by atoms with Crippen molar-refractivity contribution in [2.45, 2.75) is 0 Å². The van der Waals surface area contributed by atoms with Gasteiger partial charge in [0, 0.05) is 36.4 Å². The number of hydrogen-bond donors (Lipinski definition) is 3. The van der Waals surface area contributed by atoms with Gasteiger partial charge in [0.25, 0.3) is 0 Å². The van der Waals surface area contributed by atoms with E-state index in [0.717, 1.165) is 78.3 Å². The Kier molecular flexibility index (Phi) is 5.98. The van der Waals surface area contributed by atoms with Crippen molar-refractivity contribution in [3.63, 3.8) is 0 Å². The molecule has 0 amide bonds. The number of hydrogen-bond acceptors (Lipinski definition) is 1. The lowest BCUT2D eigenvalue weighted by atomic mass is 10.1. The predicted molar refractivity (Wildman–Crippen MR) is 175 cm³/mol. The van der Waals surface area contributed by atoms with Crippen LogP contribution in [0.1, 0.15) is 11.4 Å². The molecule has 0 radical (unpaired) electrons. The van der Waals surface area contributed by atoms with E-state index in [1.165, 1.54) is 0 Å². The summed E-state index contributed by atoms with van der Waals surface area (Å²) in [5, 5.41) is 0. The van der Waals surface area contributed by atoms with E-state index in [0.29, 0.717) is 0 Å². The average molecular weight is 575 g/mol. The molecule has 8 bridgehead atoms. The maximum atomic E-state index is 5.33. The molecule has 7 aromatic rings. The van der Waals surface area contributed by atoms with Crippen LogP contribution in [0.3, 0.4) is 0 Å². The summed E-state index contributed by atoms with van der Waals surface area (Å²) < 4.78 is 6.45. The van der Waals surface area contributed by atoms with E-state index in [-0.39, 0.29) is 0 Å². The zero-order chi connectivity index (χ0) is 29.8. The third-order valence-electron chi connectivity index (χ3n) is 8.51. The monoisotopic (exact) mass is 574 g/mol. The van der Waals surface area contributed by atoms with Gasteiger partial charge in [0.15, 0.2) is 18.6 Å². The quantitative estimate of drug-likeness (QED) is 0.217. The van der Waals surface area contributed by atoms with Gasteiger partial charge >= 0.3 is 0 Å². The fourth-order valence-electron chi connectivity index (χ4n) is 6.31. The summed E-state index contributed by atoms with van der Waals surface area (Å²) in [5.41, 5.74) is 14.3.